The van der Waals surface area contributed by atoms with Gasteiger partial charge in [-0.2, -0.15) is 18.2 Å². The Morgan fingerprint density at radius 1 is 0.820 bits per heavy atom. The molecular weight excluding hydrogens is 798 g/mol. The molecule has 0 aliphatic heterocycles. The first-order valence-corrected chi connectivity index (χ1v) is 16.8. The Morgan fingerprint density at radius 2 is 1.52 bits per heavy atom. The largest absolute Gasteiger partial charge is 0.522 e. The van der Waals surface area contributed by atoms with Crippen molar-refractivity contribution in [2.24, 2.45) is 5.92 Å². The van der Waals surface area contributed by atoms with Crippen molar-refractivity contribution in [1.82, 2.24) is 19.1 Å². The van der Waals surface area contributed by atoms with E-state index in [1.165, 1.54) is 11.1 Å². The minimum atomic E-state index is -1.51. The van der Waals surface area contributed by atoms with Gasteiger partial charge in [-0.1, -0.05) is 91.4 Å². The standard InChI is InChI=1S/C43H43N5O.Pt/c1-29(2)21-30-15-17-45-41(22-30)48-38-12-10-9-11-36(38)37-14-13-34(26-39(37)48)49-35-16-18-44-40(27-35)47-20-19-46(28-47)33-24-31(42(3,4)5)23-32(25-33)43(6,7)8;/h9-20,22-25,29H,21H2,1-8H3;/q-2;/i21D2;. The van der Waals surface area contributed by atoms with Crippen molar-refractivity contribution >= 4 is 21.8 Å². The quantitative estimate of drug-likeness (QED) is 0.119. The zero-order valence-corrected chi connectivity index (χ0v) is 32.0. The summed E-state index contributed by atoms with van der Waals surface area (Å²) < 4.78 is 29.6. The zero-order chi connectivity index (χ0) is 36.3. The fourth-order valence-electron chi connectivity index (χ4n) is 5.99. The van der Waals surface area contributed by atoms with Crippen molar-refractivity contribution in [3.63, 3.8) is 0 Å². The van der Waals surface area contributed by atoms with Gasteiger partial charge >= 0.3 is 0 Å². The number of hydrogen-bond donors (Lipinski definition) is 0. The molecule has 0 N–H and O–H groups in total. The van der Waals surface area contributed by atoms with E-state index in [1.54, 1.807) is 24.5 Å². The first-order valence-electron chi connectivity index (χ1n) is 17.8. The second kappa shape index (κ2) is 13.6. The summed E-state index contributed by atoms with van der Waals surface area (Å²) in [6.45, 7) is 17.2. The van der Waals surface area contributed by atoms with Crippen LogP contribution in [0.4, 0.5) is 0 Å². The molecule has 0 radical (unpaired) electrons. The van der Waals surface area contributed by atoms with E-state index in [4.69, 9.17) is 7.48 Å². The molecule has 6 nitrogen and oxygen atoms in total. The topological polar surface area (TPSA) is 48.8 Å². The van der Waals surface area contributed by atoms with Crippen molar-refractivity contribution in [1.29, 1.82) is 0 Å². The van der Waals surface area contributed by atoms with E-state index in [1.807, 2.05) is 76.3 Å². The second-order valence-electron chi connectivity index (χ2n) is 14.9. The van der Waals surface area contributed by atoms with E-state index in [2.05, 4.69) is 94.2 Å². The molecule has 7 rings (SSSR count). The summed E-state index contributed by atoms with van der Waals surface area (Å²) in [5, 5.41) is 2.04. The van der Waals surface area contributed by atoms with Gasteiger partial charge in [-0.25, -0.2) is 4.98 Å². The molecule has 0 atom stereocenters. The number of nitrogens with zero attached hydrogens (tertiary/aromatic N) is 5. The second-order valence-corrected chi connectivity index (χ2v) is 14.9. The average Bonchev–Trinajstić information content (AvgIpc) is 3.71. The van der Waals surface area contributed by atoms with Crippen LogP contribution in [0.1, 0.15) is 74.8 Å². The van der Waals surface area contributed by atoms with Crippen LogP contribution in [-0.2, 0) is 38.3 Å². The average molecular weight is 843 g/mol. The van der Waals surface area contributed by atoms with Gasteiger partial charge in [-0.15, -0.1) is 17.5 Å². The Kier molecular flexibility index (Phi) is 8.91. The molecule has 3 aromatic carbocycles. The summed E-state index contributed by atoms with van der Waals surface area (Å²) in [5.74, 6) is 1.96. The van der Waals surface area contributed by atoms with Crippen LogP contribution in [-0.4, -0.2) is 19.1 Å². The molecule has 258 valence electrons. The predicted octanol–water partition coefficient (Wildman–Crippen LogP) is 9.62. The summed E-state index contributed by atoms with van der Waals surface area (Å²) in [4.78, 5) is 9.26. The van der Waals surface area contributed by atoms with Gasteiger partial charge < -0.3 is 9.30 Å². The number of pyridine rings is 2. The minimum absolute atomic E-state index is 0. The number of para-hydroxylation sites is 1. The third kappa shape index (κ3) is 7.18. The van der Waals surface area contributed by atoms with Crippen molar-refractivity contribution in [2.45, 2.75) is 72.6 Å². The van der Waals surface area contributed by atoms with Gasteiger partial charge in [0.25, 0.3) is 6.33 Å². The maximum atomic E-state index is 8.70. The molecule has 0 bridgehead atoms. The molecular formula is C43H43N5OPt-2. The molecule has 0 unspecified atom stereocenters. The predicted molar refractivity (Wildman–Crippen MR) is 196 cm³/mol. The number of benzene rings is 3. The van der Waals surface area contributed by atoms with Crippen LogP contribution >= 0.6 is 0 Å². The molecule has 7 heteroatoms. The maximum Gasteiger partial charge on any atom is 0.268 e. The summed E-state index contributed by atoms with van der Waals surface area (Å²) in [6, 6.07) is 31.0. The molecule has 4 aromatic heterocycles. The van der Waals surface area contributed by atoms with Gasteiger partial charge in [0.15, 0.2) is 0 Å². The Balaban J connectivity index is 0.00000464. The number of aromatic nitrogens is 5. The molecule has 0 aliphatic carbocycles. The number of fused-ring (bicyclic) bond motifs is 3. The number of rotatable bonds is 7. The van der Waals surface area contributed by atoms with Crippen molar-refractivity contribution < 1.29 is 33.1 Å². The van der Waals surface area contributed by atoms with Crippen LogP contribution in [0.25, 0.3) is 39.1 Å². The fourth-order valence-corrected chi connectivity index (χ4v) is 5.99. The third-order valence-corrected chi connectivity index (χ3v) is 8.60. The number of hydrogen-bond acceptors (Lipinski definition) is 3. The van der Waals surface area contributed by atoms with Crippen LogP contribution < -0.4 is 9.30 Å². The Labute approximate surface area is 312 Å². The molecule has 0 saturated heterocycles. The van der Waals surface area contributed by atoms with Crippen molar-refractivity contribution in [3.05, 3.63) is 133 Å². The molecule has 4 heterocycles. The molecule has 0 fully saturated rings. The van der Waals surface area contributed by atoms with Gasteiger partial charge in [0.2, 0.25) is 0 Å². The van der Waals surface area contributed by atoms with E-state index in [-0.39, 0.29) is 37.8 Å². The van der Waals surface area contributed by atoms with Crippen LogP contribution in [0, 0.1) is 24.4 Å². The molecule has 0 saturated carbocycles. The van der Waals surface area contributed by atoms with Crippen LogP contribution in [0.3, 0.4) is 0 Å². The van der Waals surface area contributed by atoms with Crippen LogP contribution in [0.5, 0.6) is 11.5 Å². The third-order valence-electron chi connectivity index (χ3n) is 8.60. The summed E-state index contributed by atoms with van der Waals surface area (Å²) in [6.07, 6.45) is 9.18. The number of imidazole rings is 1. The van der Waals surface area contributed by atoms with Crippen LogP contribution in [0.15, 0.2) is 97.6 Å². The van der Waals surface area contributed by atoms with E-state index in [0.29, 0.717) is 28.7 Å². The van der Waals surface area contributed by atoms with E-state index in [0.717, 1.165) is 27.5 Å². The first kappa shape index (κ1) is 32.7. The Bertz CT molecular complexity index is 2370. The zero-order valence-electron chi connectivity index (χ0n) is 31.8. The monoisotopic (exact) mass is 842 g/mol. The first-order chi connectivity index (χ1) is 24.1. The molecule has 50 heavy (non-hydrogen) atoms. The van der Waals surface area contributed by atoms with E-state index >= 15 is 0 Å². The van der Waals surface area contributed by atoms with E-state index in [9.17, 15) is 0 Å². The smallest absolute Gasteiger partial charge is 0.268 e. The summed E-state index contributed by atoms with van der Waals surface area (Å²) >= 11 is 0. The normalized spacial score (nSPS) is 13.0. The summed E-state index contributed by atoms with van der Waals surface area (Å²) in [5.41, 5.74) is 5.89. The molecule has 0 amide bonds. The maximum absolute atomic E-state index is 8.70. The number of ether oxygens (including phenoxy) is 1. The van der Waals surface area contributed by atoms with Gasteiger partial charge in [0, 0.05) is 53.7 Å². The van der Waals surface area contributed by atoms with Crippen molar-refractivity contribution in [3.8, 4) is 28.8 Å². The Hall–Kier alpha value is -4.54. The molecule has 0 spiro atoms. The summed E-state index contributed by atoms with van der Waals surface area (Å²) in [7, 11) is 0. The Morgan fingerprint density at radius 3 is 2.24 bits per heavy atom. The SMILES string of the molecule is [2H]C([2H])(c1ccnc(-n2c3[c-]c(Oc4[c-]c(-n5[c-][n+](-c6cc(C(C)(C)C)cc(C(C)(C)C)c6)cc5)ncc4)ccc3c3ccccc32)c1)C(C)C.[Pt]. The fraction of sp³-hybridized carbons (Fsp3) is 0.279. The van der Waals surface area contributed by atoms with Crippen LogP contribution in [0.2, 0.25) is 0 Å². The van der Waals surface area contributed by atoms with E-state index < -0.39 is 6.37 Å². The molecule has 0 aliphatic rings. The van der Waals surface area contributed by atoms with Gasteiger partial charge in [-0.3, -0.25) is 14.1 Å². The van der Waals surface area contributed by atoms with Gasteiger partial charge in [-0.05, 0) is 81.3 Å². The van der Waals surface area contributed by atoms with Gasteiger partial charge in [0.1, 0.15) is 5.82 Å². The minimum Gasteiger partial charge on any atom is -0.522 e. The molecule has 7 aromatic rings. The van der Waals surface area contributed by atoms with Gasteiger partial charge in [0.05, 0.1) is 11.5 Å². The van der Waals surface area contributed by atoms with Crippen molar-refractivity contribution in [2.75, 3.05) is 0 Å².